The highest BCUT2D eigenvalue weighted by Gasteiger charge is 2.30. The van der Waals surface area contributed by atoms with Crippen molar-refractivity contribution >= 4 is 11.7 Å². The topological polar surface area (TPSA) is 86.2 Å². The quantitative estimate of drug-likeness (QED) is 0.595. The molecule has 4 N–H and O–H groups in total. The van der Waals surface area contributed by atoms with E-state index in [0.717, 1.165) is 24.0 Å². The Morgan fingerprint density at radius 2 is 1.58 bits per heavy atom. The molecule has 0 aromatic carbocycles. The molecular formula is C20H32N2O2. The number of primary amides is 1. The first-order chi connectivity index (χ1) is 11.1. The van der Waals surface area contributed by atoms with E-state index in [1.165, 1.54) is 13.3 Å². The highest BCUT2D eigenvalue weighted by Crippen LogP contribution is 2.38. The van der Waals surface area contributed by atoms with Crippen LogP contribution >= 0.6 is 0 Å². The fourth-order valence-corrected chi connectivity index (χ4v) is 3.70. The van der Waals surface area contributed by atoms with E-state index >= 15 is 0 Å². The number of nitrogens with two attached hydrogens (primary N) is 2. The first-order valence-corrected chi connectivity index (χ1v) is 8.72. The van der Waals surface area contributed by atoms with Gasteiger partial charge in [0.05, 0.1) is 0 Å². The van der Waals surface area contributed by atoms with Gasteiger partial charge in [-0.3, -0.25) is 9.59 Å². The lowest BCUT2D eigenvalue weighted by Gasteiger charge is -2.33. The van der Waals surface area contributed by atoms with E-state index in [9.17, 15) is 9.59 Å². The Morgan fingerprint density at radius 1 is 1.00 bits per heavy atom. The Morgan fingerprint density at radius 3 is 2.04 bits per heavy atom. The minimum atomic E-state index is -0.370. The van der Waals surface area contributed by atoms with Crippen molar-refractivity contribution in [3.63, 3.8) is 0 Å². The Hall–Kier alpha value is -1.84. The number of rotatable bonds is 5. The maximum atomic E-state index is 12.1. The molecule has 1 aliphatic rings. The van der Waals surface area contributed by atoms with Crippen LogP contribution < -0.4 is 11.5 Å². The van der Waals surface area contributed by atoms with Crippen LogP contribution in [0.4, 0.5) is 0 Å². The van der Waals surface area contributed by atoms with E-state index in [1.54, 1.807) is 6.92 Å². The fraction of sp³-hybridized carbons (Fsp3) is 0.600. The Balaban J connectivity index is 3.34. The van der Waals surface area contributed by atoms with Crippen LogP contribution in [0.1, 0.15) is 60.8 Å². The largest absolute Gasteiger partial charge is 0.402 e. The van der Waals surface area contributed by atoms with Gasteiger partial charge in [0.1, 0.15) is 0 Å². The van der Waals surface area contributed by atoms with Gasteiger partial charge in [-0.15, -0.1) is 0 Å². The SMILES string of the molecule is CC(=O)C(=C(\C)N)/C(C)=C(C)/C=C(\C(N)=O)C1CC(C)CCC1C. The van der Waals surface area contributed by atoms with Crippen molar-refractivity contribution in [2.75, 3.05) is 0 Å². The van der Waals surface area contributed by atoms with E-state index in [0.29, 0.717) is 28.7 Å². The summed E-state index contributed by atoms with van der Waals surface area (Å²) in [5, 5.41) is 0. The summed E-state index contributed by atoms with van der Waals surface area (Å²) >= 11 is 0. The number of allylic oxidation sites excluding steroid dienone is 5. The van der Waals surface area contributed by atoms with Crippen LogP contribution in [0.5, 0.6) is 0 Å². The summed E-state index contributed by atoms with van der Waals surface area (Å²) in [6.07, 6.45) is 5.15. The lowest BCUT2D eigenvalue weighted by molar-refractivity contribution is -0.115. The first kappa shape index (κ1) is 20.2. The van der Waals surface area contributed by atoms with E-state index in [-0.39, 0.29) is 17.6 Å². The fourth-order valence-electron chi connectivity index (χ4n) is 3.70. The van der Waals surface area contributed by atoms with Gasteiger partial charge >= 0.3 is 0 Å². The summed E-state index contributed by atoms with van der Waals surface area (Å²) in [4.78, 5) is 23.9. The molecule has 1 amide bonds. The van der Waals surface area contributed by atoms with Gasteiger partial charge in [-0.2, -0.15) is 0 Å². The van der Waals surface area contributed by atoms with E-state index < -0.39 is 0 Å². The van der Waals surface area contributed by atoms with Crippen molar-refractivity contribution in [2.24, 2.45) is 29.2 Å². The Labute approximate surface area is 146 Å². The minimum absolute atomic E-state index is 0.0690. The van der Waals surface area contributed by atoms with Gasteiger partial charge in [0.15, 0.2) is 5.78 Å². The minimum Gasteiger partial charge on any atom is -0.402 e. The number of amides is 1. The lowest BCUT2D eigenvalue weighted by atomic mass is 9.71. The second-order valence-electron chi connectivity index (χ2n) is 7.39. The molecule has 1 rings (SSSR count). The smallest absolute Gasteiger partial charge is 0.244 e. The number of carbonyl (C=O) groups is 2. The molecule has 0 saturated heterocycles. The van der Waals surface area contributed by atoms with Crippen LogP contribution in [0.3, 0.4) is 0 Å². The molecule has 0 bridgehead atoms. The summed E-state index contributed by atoms with van der Waals surface area (Å²) in [5.41, 5.74) is 14.9. The highest BCUT2D eigenvalue weighted by molar-refractivity contribution is 5.98. The van der Waals surface area contributed by atoms with Crippen LogP contribution in [0, 0.1) is 17.8 Å². The molecule has 1 fully saturated rings. The van der Waals surface area contributed by atoms with Crippen LogP contribution in [0.15, 0.2) is 34.1 Å². The zero-order chi connectivity index (χ0) is 18.6. The van der Waals surface area contributed by atoms with E-state index in [1.807, 2.05) is 19.9 Å². The molecule has 1 aliphatic carbocycles. The van der Waals surface area contributed by atoms with Crippen molar-refractivity contribution in [3.8, 4) is 0 Å². The molecule has 0 heterocycles. The maximum absolute atomic E-state index is 12.1. The Kier molecular flexibility index (Phi) is 7.00. The molecule has 4 heteroatoms. The summed E-state index contributed by atoms with van der Waals surface area (Å²) in [5.74, 6) is 0.773. The predicted molar refractivity (Wildman–Crippen MR) is 98.9 cm³/mol. The highest BCUT2D eigenvalue weighted by atomic mass is 16.1. The second-order valence-corrected chi connectivity index (χ2v) is 7.39. The number of Topliss-reactive ketones (excluding diaryl/α,β-unsaturated/α-hetero) is 1. The van der Waals surface area contributed by atoms with Crippen LogP contribution in [0.2, 0.25) is 0 Å². The average Bonchev–Trinajstić information content (AvgIpc) is 2.46. The second kappa shape index (κ2) is 8.32. The summed E-state index contributed by atoms with van der Waals surface area (Å²) in [6, 6.07) is 0. The number of hydrogen-bond acceptors (Lipinski definition) is 3. The van der Waals surface area contributed by atoms with Gasteiger partial charge in [-0.25, -0.2) is 0 Å². The molecule has 4 nitrogen and oxygen atoms in total. The molecular weight excluding hydrogens is 300 g/mol. The maximum Gasteiger partial charge on any atom is 0.244 e. The van der Waals surface area contributed by atoms with Gasteiger partial charge in [-0.1, -0.05) is 26.3 Å². The van der Waals surface area contributed by atoms with Crippen molar-refractivity contribution in [1.82, 2.24) is 0 Å². The third-order valence-corrected chi connectivity index (χ3v) is 5.23. The van der Waals surface area contributed by atoms with Crippen LogP contribution in [-0.2, 0) is 9.59 Å². The van der Waals surface area contributed by atoms with Gasteiger partial charge in [0, 0.05) is 16.8 Å². The number of ketones is 1. The lowest BCUT2D eigenvalue weighted by Crippen LogP contribution is -2.29. The summed E-state index contributed by atoms with van der Waals surface area (Å²) < 4.78 is 0. The van der Waals surface area contributed by atoms with Crippen molar-refractivity contribution < 1.29 is 9.59 Å². The molecule has 24 heavy (non-hydrogen) atoms. The normalized spacial score (nSPS) is 27.2. The number of carbonyl (C=O) groups excluding carboxylic acids is 2. The van der Waals surface area contributed by atoms with Crippen molar-refractivity contribution in [2.45, 2.75) is 60.8 Å². The van der Waals surface area contributed by atoms with Crippen LogP contribution in [0.25, 0.3) is 0 Å². The average molecular weight is 332 g/mol. The van der Waals surface area contributed by atoms with Gasteiger partial charge in [0.25, 0.3) is 0 Å². The zero-order valence-electron chi connectivity index (χ0n) is 15.9. The van der Waals surface area contributed by atoms with E-state index in [2.05, 4.69) is 13.8 Å². The zero-order valence-corrected chi connectivity index (χ0v) is 15.9. The van der Waals surface area contributed by atoms with Gasteiger partial charge in [-0.05, 0) is 69.4 Å². The molecule has 0 aromatic heterocycles. The predicted octanol–water partition coefficient (Wildman–Crippen LogP) is 3.63. The summed E-state index contributed by atoms with van der Waals surface area (Å²) in [7, 11) is 0. The monoisotopic (exact) mass is 332 g/mol. The molecule has 134 valence electrons. The molecule has 0 radical (unpaired) electrons. The summed E-state index contributed by atoms with van der Waals surface area (Å²) in [6.45, 7) is 11.4. The van der Waals surface area contributed by atoms with Gasteiger partial charge < -0.3 is 11.5 Å². The number of hydrogen-bond donors (Lipinski definition) is 2. The van der Waals surface area contributed by atoms with Crippen molar-refractivity contribution in [3.05, 3.63) is 34.1 Å². The van der Waals surface area contributed by atoms with Crippen molar-refractivity contribution in [1.29, 1.82) is 0 Å². The Bertz CT molecular complexity index is 607. The molecule has 3 unspecified atom stereocenters. The molecule has 0 aliphatic heterocycles. The third-order valence-electron chi connectivity index (χ3n) is 5.23. The van der Waals surface area contributed by atoms with Crippen LogP contribution in [-0.4, -0.2) is 11.7 Å². The van der Waals surface area contributed by atoms with E-state index in [4.69, 9.17) is 11.5 Å². The standard InChI is InChI=1S/C20H32N2O2/c1-11-7-8-12(2)17(9-11)18(20(22)24)10-13(3)14(4)19(15(5)21)16(6)23/h10-12,17H,7-9,21H2,1-6H3,(H2,22,24)/b14-13+,18-10-,19-15+. The molecule has 1 saturated carbocycles. The molecule has 3 atom stereocenters. The third kappa shape index (κ3) is 4.83. The first-order valence-electron chi connectivity index (χ1n) is 8.72. The van der Waals surface area contributed by atoms with Gasteiger partial charge in [0.2, 0.25) is 5.91 Å². The molecule has 0 spiro atoms. The molecule has 0 aromatic rings.